The van der Waals surface area contributed by atoms with Gasteiger partial charge in [0, 0.05) is 54.9 Å². The molecule has 29 heavy (non-hydrogen) atoms. The van der Waals surface area contributed by atoms with Gasteiger partial charge in [0.05, 0.1) is 0 Å². The summed E-state index contributed by atoms with van der Waals surface area (Å²) in [6.45, 7) is 9.76. The van der Waals surface area contributed by atoms with Crippen molar-refractivity contribution in [3.63, 3.8) is 0 Å². The topological polar surface area (TPSA) is 78.4 Å². The first kappa shape index (κ1) is 21.7. The van der Waals surface area contributed by atoms with Crippen LogP contribution in [0.4, 0.5) is 11.5 Å². The summed E-state index contributed by atoms with van der Waals surface area (Å²) >= 11 is 0. The first-order chi connectivity index (χ1) is 13.8. The van der Waals surface area contributed by atoms with Gasteiger partial charge in [0.2, 0.25) is 0 Å². The Hall–Kier alpha value is -2.03. The average molecular weight is 418 g/mol. The van der Waals surface area contributed by atoms with E-state index in [4.69, 9.17) is 4.98 Å². The fourth-order valence-electron chi connectivity index (χ4n) is 3.83. The fraction of sp³-hybridized carbons (Fsp3) is 0.524. The molecule has 8 heteroatoms. The summed E-state index contributed by atoms with van der Waals surface area (Å²) in [6, 6.07) is 9.96. The number of hydrogen-bond acceptors (Lipinski definition) is 5. The average Bonchev–Trinajstić information content (AvgIpc) is 2.68. The van der Waals surface area contributed by atoms with Crippen molar-refractivity contribution in [1.82, 2.24) is 18.6 Å². The lowest BCUT2D eigenvalue weighted by Crippen LogP contribution is -2.46. The highest BCUT2D eigenvalue weighted by Gasteiger charge is 2.32. The minimum absolute atomic E-state index is 0.254. The van der Waals surface area contributed by atoms with Gasteiger partial charge in [0.15, 0.2) is 0 Å². The highest BCUT2D eigenvalue weighted by atomic mass is 32.2. The van der Waals surface area contributed by atoms with Gasteiger partial charge in [-0.3, -0.25) is 4.98 Å². The lowest BCUT2D eigenvalue weighted by atomic mass is 9.93. The van der Waals surface area contributed by atoms with Crippen LogP contribution >= 0.6 is 0 Å². The van der Waals surface area contributed by atoms with Crippen LogP contribution in [0.25, 0.3) is 0 Å². The number of hydrogen-bond donors (Lipinski definition) is 1. The molecule has 1 fully saturated rings. The van der Waals surface area contributed by atoms with Crippen molar-refractivity contribution in [1.29, 1.82) is 0 Å². The van der Waals surface area contributed by atoms with Crippen LogP contribution in [0.1, 0.15) is 49.7 Å². The zero-order chi connectivity index (χ0) is 21.0. The van der Waals surface area contributed by atoms with Crippen LogP contribution in [0, 0.1) is 13.8 Å². The van der Waals surface area contributed by atoms with Crippen molar-refractivity contribution in [2.24, 2.45) is 0 Å². The Morgan fingerprint density at radius 2 is 1.76 bits per heavy atom. The third-order valence-corrected chi connectivity index (χ3v) is 7.55. The number of nitrogens with one attached hydrogen (secondary N) is 1. The minimum Gasteiger partial charge on any atom is -0.340 e. The molecule has 1 aliphatic rings. The Morgan fingerprint density at radius 1 is 1.07 bits per heavy atom. The SMILES string of the molecule is CCN(CC)S(=O)(=O)N1CCC(c2cc(Nc3cccc(C)n3)cc(C)n2)CC1. The molecule has 0 amide bonds. The van der Waals surface area contributed by atoms with Gasteiger partial charge in [-0.05, 0) is 51.0 Å². The Bertz CT molecular complexity index is 936. The van der Waals surface area contributed by atoms with Gasteiger partial charge in [-0.15, -0.1) is 0 Å². The number of aryl methyl sites for hydroxylation is 2. The maximum atomic E-state index is 12.7. The molecule has 7 nitrogen and oxygen atoms in total. The van der Waals surface area contributed by atoms with Crippen LogP contribution in [0.15, 0.2) is 30.3 Å². The summed E-state index contributed by atoms with van der Waals surface area (Å²) in [5.41, 5.74) is 3.88. The Morgan fingerprint density at radius 3 is 2.38 bits per heavy atom. The Kier molecular flexibility index (Phi) is 6.87. The Balaban J connectivity index is 1.72. The minimum atomic E-state index is -3.37. The van der Waals surface area contributed by atoms with Gasteiger partial charge in [-0.2, -0.15) is 17.0 Å². The van der Waals surface area contributed by atoms with Gasteiger partial charge >= 0.3 is 0 Å². The van der Waals surface area contributed by atoms with E-state index < -0.39 is 10.2 Å². The molecule has 2 aromatic rings. The van der Waals surface area contributed by atoms with Crippen LogP contribution in [0.5, 0.6) is 0 Å². The number of aromatic nitrogens is 2. The van der Waals surface area contributed by atoms with Crippen LogP contribution in [-0.4, -0.2) is 53.2 Å². The van der Waals surface area contributed by atoms with E-state index in [9.17, 15) is 8.42 Å². The van der Waals surface area contributed by atoms with Crippen molar-refractivity contribution >= 4 is 21.7 Å². The first-order valence-electron chi connectivity index (χ1n) is 10.3. The second kappa shape index (κ2) is 9.19. The predicted molar refractivity (Wildman–Crippen MR) is 117 cm³/mol. The molecule has 1 N–H and O–H groups in total. The van der Waals surface area contributed by atoms with Gasteiger partial charge < -0.3 is 5.32 Å². The molecular weight excluding hydrogens is 386 g/mol. The molecule has 0 bridgehead atoms. The number of rotatable bonds is 7. The third kappa shape index (κ3) is 5.12. The number of piperidine rings is 1. The predicted octanol–water partition coefficient (Wildman–Crippen LogP) is 3.60. The normalized spacial score (nSPS) is 16.3. The molecule has 0 unspecified atom stereocenters. The summed E-state index contributed by atoms with van der Waals surface area (Å²) in [5, 5.41) is 3.36. The van der Waals surface area contributed by atoms with Gasteiger partial charge in [-0.1, -0.05) is 19.9 Å². The van der Waals surface area contributed by atoms with E-state index in [1.807, 2.05) is 52.0 Å². The molecule has 1 saturated heterocycles. The van der Waals surface area contributed by atoms with E-state index in [1.165, 1.54) is 4.31 Å². The molecular formula is C21H31N5O2S. The summed E-state index contributed by atoms with van der Waals surface area (Å²) < 4.78 is 28.6. The van der Waals surface area contributed by atoms with E-state index in [0.29, 0.717) is 26.2 Å². The van der Waals surface area contributed by atoms with E-state index in [0.717, 1.165) is 41.4 Å². The second-order valence-corrected chi connectivity index (χ2v) is 9.41. The van der Waals surface area contributed by atoms with Gasteiger partial charge in [0.25, 0.3) is 10.2 Å². The van der Waals surface area contributed by atoms with Crippen LogP contribution in [-0.2, 0) is 10.2 Å². The molecule has 0 aromatic carbocycles. The largest absolute Gasteiger partial charge is 0.340 e. The molecule has 0 saturated carbocycles. The second-order valence-electron chi connectivity index (χ2n) is 7.48. The molecule has 0 aliphatic carbocycles. The highest BCUT2D eigenvalue weighted by Crippen LogP contribution is 2.31. The molecule has 0 atom stereocenters. The van der Waals surface area contributed by atoms with Crippen molar-refractivity contribution < 1.29 is 8.42 Å². The third-order valence-electron chi connectivity index (χ3n) is 5.36. The summed E-state index contributed by atoms with van der Waals surface area (Å²) in [6.07, 6.45) is 1.55. The van der Waals surface area contributed by atoms with Crippen LogP contribution < -0.4 is 5.32 Å². The van der Waals surface area contributed by atoms with Gasteiger partial charge in [0.1, 0.15) is 5.82 Å². The lowest BCUT2D eigenvalue weighted by Gasteiger charge is -2.34. The van der Waals surface area contributed by atoms with Crippen LogP contribution in [0.3, 0.4) is 0 Å². The molecule has 3 heterocycles. The smallest absolute Gasteiger partial charge is 0.281 e. The monoisotopic (exact) mass is 417 g/mol. The van der Waals surface area contributed by atoms with E-state index >= 15 is 0 Å². The van der Waals surface area contributed by atoms with Gasteiger partial charge in [-0.25, -0.2) is 4.98 Å². The summed E-state index contributed by atoms with van der Waals surface area (Å²) in [5.74, 6) is 1.06. The van der Waals surface area contributed by atoms with E-state index in [2.05, 4.69) is 16.4 Å². The van der Waals surface area contributed by atoms with E-state index in [-0.39, 0.29) is 5.92 Å². The highest BCUT2D eigenvalue weighted by molar-refractivity contribution is 7.86. The summed E-state index contributed by atoms with van der Waals surface area (Å²) in [7, 11) is -3.37. The van der Waals surface area contributed by atoms with Crippen molar-refractivity contribution in [3.8, 4) is 0 Å². The number of pyridine rings is 2. The quantitative estimate of drug-likeness (QED) is 0.745. The van der Waals surface area contributed by atoms with Crippen molar-refractivity contribution in [2.45, 2.75) is 46.5 Å². The number of anilines is 2. The molecule has 3 rings (SSSR count). The van der Waals surface area contributed by atoms with Crippen LogP contribution in [0.2, 0.25) is 0 Å². The molecule has 0 spiro atoms. The lowest BCUT2D eigenvalue weighted by molar-refractivity contribution is 0.289. The standard InChI is InChI=1S/C21H31N5O2S/c1-5-25(6-2)29(27,28)26-12-10-18(11-13-26)20-15-19(14-17(4)22-20)24-21-9-7-8-16(3)23-21/h7-9,14-15,18H,5-6,10-13H2,1-4H3,(H,22,23,24). The molecule has 158 valence electrons. The first-order valence-corrected chi connectivity index (χ1v) is 11.7. The van der Waals surface area contributed by atoms with E-state index in [1.54, 1.807) is 4.31 Å². The summed E-state index contributed by atoms with van der Waals surface area (Å²) in [4.78, 5) is 9.23. The Labute approximate surface area is 174 Å². The maximum Gasteiger partial charge on any atom is 0.281 e. The fourth-order valence-corrected chi connectivity index (χ4v) is 5.48. The van der Waals surface area contributed by atoms with Crippen molar-refractivity contribution in [3.05, 3.63) is 47.4 Å². The zero-order valence-corrected chi connectivity index (χ0v) is 18.5. The zero-order valence-electron chi connectivity index (χ0n) is 17.7. The molecule has 2 aromatic heterocycles. The molecule has 0 radical (unpaired) electrons. The maximum absolute atomic E-state index is 12.7. The van der Waals surface area contributed by atoms with Crippen molar-refractivity contribution in [2.75, 3.05) is 31.5 Å². The number of nitrogens with zero attached hydrogens (tertiary/aromatic N) is 4. The molecule has 1 aliphatic heterocycles.